The van der Waals surface area contributed by atoms with Gasteiger partial charge < -0.3 is 5.73 Å². The zero-order valence-corrected chi connectivity index (χ0v) is 24.3. The van der Waals surface area contributed by atoms with Gasteiger partial charge in [0.05, 0.1) is 0 Å². The number of hydrogen-bond donors (Lipinski definition) is 1. The van der Waals surface area contributed by atoms with E-state index < -0.39 is 0 Å². The molecule has 3 heteroatoms. The van der Waals surface area contributed by atoms with Crippen molar-refractivity contribution in [3.63, 3.8) is 0 Å². The van der Waals surface area contributed by atoms with Gasteiger partial charge >= 0.3 is 0 Å². The van der Waals surface area contributed by atoms with Crippen LogP contribution in [0.25, 0.3) is 0 Å². The largest absolute Gasteiger partial charge is 0.384 e. The van der Waals surface area contributed by atoms with Crippen molar-refractivity contribution in [1.29, 1.82) is 0 Å². The van der Waals surface area contributed by atoms with E-state index in [4.69, 9.17) is 18.0 Å². The minimum absolute atomic E-state index is 0.542. The summed E-state index contributed by atoms with van der Waals surface area (Å²) in [5.74, 6) is 0. The Kier molecular flexibility index (Phi) is 21.2. The van der Waals surface area contributed by atoms with E-state index in [2.05, 4.69) is 32.0 Å². The summed E-state index contributed by atoms with van der Waals surface area (Å²) in [4.78, 5) is 1.30. The number of rotatable bonds is 23. The molecular weight excluding hydrogens is 450 g/mol. The van der Waals surface area contributed by atoms with Crippen molar-refractivity contribution < 1.29 is 0 Å². The molecule has 0 fully saturated rings. The molecule has 1 rings (SSSR count). The van der Waals surface area contributed by atoms with Gasteiger partial charge in [0.1, 0.15) is 4.32 Å². The topological polar surface area (TPSA) is 26.0 Å². The zero-order chi connectivity index (χ0) is 24.7. The van der Waals surface area contributed by atoms with E-state index >= 15 is 0 Å². The molecule has 0 heterocycles. The number of benzene rings is 1. The minimum atomic E-state index is 0.542. The molecule has 0 radical (unpaired) electrons. The molecule has 0 spiro atoms. The molecular formula is C31H55NS2. The van der Waals surface area contributed by atoms with Crippen molar-refractivity contribution in [2.45, 2.75) is 160 Å². The fourth-order valence-electron chi connectivity index (χ4n) is 4.93. The van der Waals surface area contributed by atoms with Crippen LogP contribution in [0.2, 0.25) is 0 Å². The normalized spacial score (nSPS) is 11.2. The van der Waals surface area contributed by atoms with Crippen molar-refractivity contribution in [1.82, 2.24) is 0 Å². The lowest BCUT2D eigenvalue weighted by atomic mass is 9.96. The van der Waals surface area contributed by atoms with Crippen LogP contribution in [0, 0.1) is 0 Å². The van der Waals surface area contributed by atoms with Crippen LogP contribution in [0.15, 0.2) is 23.1 Å². The lowest BCUT2D eigenvalue weighted by molar-refractivity contribution is 0.552. The molecule has 0 saturated heterocycles. The van der Waals surface area contributed by atoms with Crippen LogP contribution < -0.4 is 5.73 Å². The summed E-state index contributed by atoms with van der Waals surface area (Å²) < 4.78 is 0.542. The van der Waals surface area contributed by atoms with Gasteiger partial charge in [-0.3, -0.25) is 0 Å². The molecule has 34 heavy (non-hydrogen) atoms. The molecule has 0 aliphatic carbocycles. The van der Waals surface area contributed by atoms with E-state index in [1.807, 2.05) is 0 Å². The third kappa shape index (κ3) is 17.0. The highest BCUT2D eigenvalue weighted by Crippen LogP contribution is 2.29. The van der Waals surface area contributed by atoms with Gasteiger partial charge in [0.2, 0.25) is 0 Å². The first-order chi connectivity index (χ1) is 16.7. The van der Waals surface area contributed by atoms with Crippen LogP contribution in [0.3, 0.4) is 0 Å². The smallest absolute Gasteiger partial charge is 0.136 e. The first-order valence-corrected chi connectivity index (χ1v) is 16.0. The van der Waals surface area contributed by atoms with Crippen LogP contribution in [0.1, 0.15) is 153 Å². The number of hydrogen-bond acceptors (Lipinski definition) is 2. The van der Waals surface area contributed by atoms with Gasteiger partial charge in [-0.15, -0.1) is 0 Å². The lowest BCUT2D eigenvalue weighted by Gasteiger charge is -2.14. The highest BCUT2D eigenvalue weighted by molar-refractivity contribution is 8.23. The van der Waals surface area contributed by atoms with E-state index in [1.54, 1.807) is 11.8 Å². The van der Waals surface area contributed by atoms with Crippen molar-refractivity contribution in [2.24, 2.45) is 5.73 Å². The maximum Gasteiger partial charge on any atom is 0.136 e. The highest BCUT2D eigenvalue weighted by atomic mass is 32.2. The Labute approximate surface area is 222 Å². The molecule has 0 amide bonds. The predicted octanol–water partition coefficient (Wildman–Crippen LogP) is 10.9. The van der Waals surface area contributed by atoms with E-state index in [0.29, 0.717) is 4.32 Å². The summed E-state index contributed by atoms with van der Waals surface area (Å²) in [6.45, 7) is 4.59. The maximum absolute atomic E-state index is 5.90. The summed E-state index contributed by atoms with van der Waals surface area (Å²) >= 11 is 6.81. The van der Waals surface area contributed by atoms with Crippen LogP contribution in [0.4, 0.5) is 0 Å². The fourth-order valence-corrected chi connectivity index (χ4v) is 5.91. The second-order valence-corrected chi connectivity index (χ2v) is 12.0. The van der Waals surface area contributed by atoms with E-state index in [1.165, 1.54) is 157 Å². The van der Waals surface area contributed by atoms with Gasteiger partial charge in [-0.25, -0.2) is 0 Å². The van der Waals surface area contributed by atoms with Crippen molar-refractivity contribution in [3.05, 3.63) is 29.3 Å². The maximum atomic E-state index is 5.90. The van der Waals surface area contributed by atoms with Crippen LogP contribution in [0.5, 0.6) is 0 Å². The molecule has 0 aromatic heterocycles. The highest BCUT2D eigenvalue weighted by Gasteiger charge is 2.10. The van der Waals surface area contributed by atoms with Crippen LogP contribution in [-0.2, 0) is 12.8 Å². The molecule has 1 nitrogen and oxygen atoms in total. The second kappa shape index (κ2) is 22.9. The number of aryl methyl sites for hydroxylation is 1. The Balaban J connectivity index is 2.33. The molecule has 0 aliphatic heterocycles. The number of unbranched alkanes of at least 4 members (excludes halogenated alkanes) is 18. The van der Waals surface area contributed by atoms with E-state index in [0.717, 1.165) is 0 Å². The Morgan fingerprint density at radius 1 is 0.618 bits per heavy atom. The van der Waals surface area contributed by atoms with Gasteiger partial charge in [-0.1, -0.05) is 166 Å². The first kappa shape index (κ1) is 31.5. The third-order valence-corrected chi connectivity index (χ3v) is 8.07. The Morgan fingerprint density at radius 3 is 1.47 bits per heavy atom. The van der Waals surface area contributed by atoms with E-state index in [-0.39, 0.29) is 0 Å². The predicted molar refractivity (Wildman–Crippen MR) is 160 cm³/mol. The van der Waals surface area contributed by atoms with Gasteiger partial charge in [0.25, 0.3) is 0 Å². The van der Waals surface area contributed by atoms with Crippen molar-refractivity contribution in [3.8, 4) is 0 Å². The zero-order valence-electron chi connectivity index (χ0n) is 22.7. The van der Waals surface area contributed by atoms with Gasteiger partial charge in [0.15, 0.2) is 0 Å². The first-order valence-electron chi connectivity index (χ1n) is 14.8. The van der Waals surface area contributed by atoms with E-state index in [9.17, 15) is 0 Å². The molecule has 1 aromatic rings. The average molecular weight is 506 g/mol. The van der Waals surface area contributed by atoms with Crippen molar-refractivity contribution >= 4 is 28.3 Å². The Morgan fingerprint density at radius 2 is 1.03 bits per heavy atom. The third-order valence-electron chi connectivity index (χ3n) is 7.02. The molecule has 0 aliphatic rings. The van der Waals surface area contributed by atoms with Crippen molar-refractivity contribution in [2.75, 3.05) is 0 Å². The average Bonchev–Trinajstić information content (AvgIpc) is 2.82. The Hall–Kier alpha value is -0.540. The molecule has 2 N–H and O–H groups in total. The fraction of sp³-hybridized carbons (Fsp3) is 0.774. The summed E-state index contributed by atoms with van der Waals surface area (Å²) in [7, 11) is 0. The van der Waals surface area contributed by atoms with Gasteiger partial charge in [0, 0.05) is 4.90 Å². The number of nitrogens with two attached hydrogens (primary N) is 1. The molecule has 0 saturated carbocycles. The van der Waals surface area contributed by atoms with Gasteiger partial charge in [-0.05, 0) is 42.9 Å². The SMILES string of the molecule is CCCCCCCCCCCCc1cccc(SC(N)=S)c1CCCCCCCCCCCC. The monoisotopic (exact) mass is 505 g/mol. The molecule has 0 unspecified atom stereocenters. The minimum Gasteiger partial charge on any atom is -0.384 e. The second-order valence-electron chi connectivity index (χ2n) is 10.2. The molecule has 0 bridgehead atoms. The summed E-state index contributed by atoms with van der Waals surface area (Å²) in [5, 5.41) is 0. The lowest BCUT2D eigenvalue weighted by Crippen LogP contribution is -2.04. The van der Waals surface area contributed by atoms with Crippen LogP contribution in [-0.4, -0.2) is 4.32 Å². The molecule has 0 atom stereocenters. The number of thiocarbonyl (C=S) groups is 1. The Bertz CT molecular complexity index is 613. The summed E-state index contributed by atoms with van der Waals surface area (Å²) in [5.41, 5.74) is 8.96. The summed E-state index contributed by atoms with van der Waals surface area (Å²) in [6.07, 6.45) is 30.2. The number of thioether (sulfide) groups is 1. The molecule has 196 valence electrons. The molecule has 1 aromatic carbocycles. The standard InChI is InChI=1S/C31H55NS2/c1-3-5-7-9-11-13-15-17-19-21-24-28-25-23-27-30(34-31(32)33)29(28)26-22-20-18-16-14-12-10-8-6-4-2/h23,25,27H,3-22,24,26H2,1-2H3,(H2,32,33). The quantitative estimate of drug-likeness (QED) is 0.0909. The van der Waals surface area contributed by atoms with Crippen LogP contribution >= 0.6 is 24.0 Å². The summed E-state index contributed by atoms with van der Waals surface area (Å²) in [6, 6.07) is 6.77. The van der Waals surface area contributed by atoms with Gasteiger partial charge in [-0.2, -0.15) is 0 Å².